The van der Waals surface area contributed by atoms with E-state index < -0.39 is 0 Å². The number of aromatic nitrogens is 2. The third-order valence-electron chi connectivity index (χ3n) is 4.39. The second-order valence-corrected chi connectivity index (χ2v) is 5.89. The Morgan fingerprint density at radius 3 is 2.84 bits per heavy atom. The van der Waals surface area contributed by atoms with Crippen LogP contribution in [0, 0.1) is 0 Å². The van der Waals surface area contributed by atoms with E-state index in [9.17, 15) is 4.79 Å². The van der Waals surface area contributed by atoms with Crippen LogP contribution in [0.15, 0.2) is 64.1 Å². The van der Waals surface area contributed by atoms with Crippen molar-refractivity contribution in [2.75, 3.05) is 17.3 Å². The van der Waals surface area contributed by atoms with E-state index in [1.165, 1.54) is 6.07 Å². The molecule has 25 heavy (non-hydrogen) atoms. The molecule has 3 N–H and O–H groups in total. The van der Waals surface area contributed by atoms with Gasteiger partial charge in [-0.3, -0.25) is 4.79 Å². The van der Waals surface area contributed by atoms with Gasteiger partial charge in [0.05, 0.1) is 29.7 Å². The molecule has 122 valence electrons. The molecule has 0 fully saturated rings. The Hall–Kier alpha value is -3.54. The molecule has 0 bridgehead atoms. The van der Waals surface area contributed by atoms with E-state index in [0.717, 1.165) is 22.5 Å². The third-order valence-corrected chi connectivity index (χ3v) is 4.39. The maximum Gasteiger partial charge on any atom is 0.191 e. The first kappa shape index (κ1) is 13.9. The van der Waals surface area contributed by atoms with E-state index in [-0.39, 0.29) is 5.43 Å². The first-order valence-electron chi connectivity index (χ1n) is 7.98. The lowest BCUT2D eigenvalue weighted by molar-refractivity contribution is 0.580. The number of hydrogen-bond acceptors (Lipinski definition) is 5. The molecule has 6 heteroatoms. The highest BCUT2D eigenvalue weighted by Crippen LogP contribution is 2.36. The number of furan rings is 1. The topological polar surface area (TPSA) is 83.0 Å². The molecule has 1 aliphatic heterocycles. The maximum atomic E-state index is 12.2. The molecule has 0 unspecified atom stereocenters. The molecule has 0 aliphatic carbocycles. The summed E-state index contributed by atoms with van der Waals surface area (Å²) in [5.41, 5.74) is 5.11. The van der Waals surface area contributed by atoms with Gasteiger partial charge < -0.3 is 20.0 Å². The van der Waals surface area contributed by atoms with Crippen LogP contribution in [0.2, 0.25) is 0 Å². The van der Waals surface area contributed by atoms with E-state index in [1.54, 1.807) is 12.5 Å². The molecule has 3 aromatic heterocycles. The van der Waals surface area contributed by atoms with Crippen molar-refractivity contribution in [3.63, 3.8) is 0 Å². The van der Waals surface area contributed by atoms with Crippen molar-refractivity contribution in [2.24, 2.45) is 0 Å². The normalized spacial score (nSPS) is 12.6. The number of nitrogens with zero attached hydrogens (tertiary/aromatic N) is 1. The molecule has 0 saturated carbocycles. The first-order chi connectivity index (χ1) is 12.3. The molecular weight excluding hydrogens is 316 g/mol. The predicted octanol–water partition coefficient (Wildman–Crippen LogP) is 3.65. The number of benzene rings is 1. The second-order valence-electron chi connectivity index (χ2n) is 5.89. The van der Waals surface area contributed by atoms with Crippen LogP contribution in [-0.2, 0) is 0 Å². The lowest BCUT2D eigenvalue weighted by Crippen LogP contribution is -2.03. The summed E-state index contributed by atoms with van der Waals surface area (Å²) < 4.78 is 5.57. The van der Waals surface area contributed by atoms with E-state index in [2.05, 4.69) is 26.7 Å². The quantitative estimate of drug-likeness (QED) is 0.522. The summed E-state index contributed by atoms with van der Waals surface area (Å²) in [4.78, 5) is 19.9. The van der Waals surface area contributed by atoms with Gasteiger partial charge in [0.2, 0.25) is 0 Å². The van der Waals surface area contributed by atoms with Gasteiger partial charge in [0, 0.05) is 17.8 Å². The van der Waals surface area contributed by atoms with E-state index in [0.29, 0.717) is 29.2 Å². The molecule has 4 aromatic rings. The zero-order valence-electron chi connectivity index (χ0n) is 13.2. The van der Waals surface area contributed by atoms with Crippen molar-refractivity contribution in [3.05, 3.63) is 65.1 Å². The lowest BCUT2D eigenvalue weighted by atomic mass is 10.00. The summed E-state index contributed by atoms with van der Waals surface area (Å²) in [6, 6.07) is 13.2. The summed E-state index contributed by atoms with van der Waals surface area (Å²) in [5, 5.41) is 7.10. The highest BCUT2D eigenvalue weighted by Gasteiger charge is 2.17. The molecular formula is C19H14N4O2. The van der Waals surface area contributed by atoms with E-state index >= 15 is 0 Å². The molecule has 1 aliphatic rings. The SMILES string of the molecule is O=c1cc[nH]c2nc(-c3ccco3)c(-c3ccc4c(c3)NCN4)cc12. The van der Waals surface area contributed by atoms with Crippen LogP contribution in [0.25, 0.3) is 33.6 Å². The molecule has 0 amide bonds. The van der Waals surface area contributed by atoms with Crippen LogP contribution in [0.4, 0.5) is 11.4 Å². The van der Waals surface area contributed by atoms with Gasteiger partial charge in [0.15, 0.2) is 11.2 Å². The second kappa shape index (κ2) is 5.24. The van der Waals surface area contributed by atoms with Crippen molar-refractivity contribution in [3.8, 4) is 22.6 Å². The van der Waals surface area contributed by atoms with Crippen molar-refractivity contribution < 1.29 is 4.42 Å². The molecule has 0 atom stereocenters. The number of nitrogens with one attached hydrogen (secondary N) is 3. The van der Waals surface area contributed by atoms with Gasteiger partial charge in [-0.15, -0.1) is 0 Å². The molecule has 4 heterocycles. The van der Waals surface area contributed by atoms with Crippen molar-refractivity contribution in [1.29, 1.82) is 0 Å². The number of rotatable bonds is 2. The summed E-state index contributed by atoms with van der Waals surface area (Å²) in [6.07, 6.45) is 3.22. The first-order valence-corrected chi connectivity index (χ1v) is 7.98. The van der Waals surface area contributed by atoms with Crippen LogP contribution in [-0.4, -0.2) is 16.6 Å². The number of fused-ring (bicyclic) bond motifs is 2. The largest absolute Gasteiger partial charge is 0.463 e. The fraction of sp³-hybridized carbons (Fsp3) is 0.0526. The number of aromatic amines is 1. The molecule has 0 spiro atoms. The fourth-order valence-corrected chi connectivity index (χ4v) is 3.17. The van der Waals surface area contributed by atoms with Gasteiger partial charge in [0.1, 0.15) is 11.3 Å². The van der Waals surface area contributed by atoms with Crippen molar-refractivity contribution in [2.45, 2.75) is 0 Å². The molecule has 0 saturated heterocycles. The molecule has 1 aromatic carbocycles. The Balaban J connectivity index is 1.82. The zero-order chi connectivity index (χ0) is 16.8. The molecule has 5 rings (SSSR count). The number of H-pyrrole nitrogens is 1. The van der Waals surface area contributed by atoms with Crippen LogP contribution < -0.4 is 16.1 Å². The smallest absolute Gasteiger partial charge is 0.191 e. The number of anilines is 2. The number of hydrogen-bond donors (Lipinski definition) is 3. The average Bonchev–Trinajstić information content (AvgIpc) is 3.32. The highest BCUT2D eigenvalue weighted by atomic mass is 16.3. The summed E-state index contributed by atoms with van der Waals surface area (Å²) >= 11 is 0. The standard InChI is InChI=1S/C19H14N4O2/c24-16-5-6-20-19-13(16)9-12(18(23-19)17-2-1-7-25-17)11-3-4-14-15(8-11)22-10-21-14/h1-9,21-22H,10H2,(H,20,23,24). The van der Waals surface area contributed by atoms with Crippen LogP contribution in [0.1, 0.15) is 0 Å². The summed E-state index contributed by atoms with van der Waals surface area (Å²) in [6.45, 7) is 0.708. The third kappa shape index (κ3) is 2.19. The lowest BCUT2D eigenvalue weighted by Gasteiger charge is -2.10. The van der Waals surface area contributed by atoms with Gasteiger partial charge in [-0.2, -0.15) is 0 Å². The summed E-state index contributed by atoms with van der Waals surface area (Å²) in [5.74, 6) is 0.660. The minimum Gasteiger partial charge on any atom is -0.463 e. The van der Waals surface area contributed by atoms with Gasteiger partial charge in [-0.05, 0) is 35.9 Å². The Kier molecular flexibility index (Phi) is 2.90. The van der Waals surface area contributed by atoms with Gasteiger partial charge in [-0.1, -0.05) is 6.07 Å². The minimum absolute atomic E-state index is 0.0607. The Morgan fingerprint density at radius 1 is 1.04 bits per heavy atom. The van der Waals surface area contributed by atoms with Crippen molar-refractivity contribution >= 4 is 22.4 Å². The van der Waals surface area contributed by atoms with Crippen LogP contribution in [0.5, 0.6) is 0 Å². The summed E-state index contributed by atoms with van der Waals surface area (Å²) in [7, 11) is 0. The molecule has 0 radical (unpaired) electrons. The van der Waals surface area contributed by atoms with Gasteiger partial charge >= 0.3 is 0 Å². The maximum absolute atomic E-state index is 12.2. The molecule has 6 nitrogen and oxygen atoms in total. The Morgan fingerprint density at radius 2 is 1.96 bits per heavy atom. The van der Waals surface area contributed by atoms with E-state index in [1.807, 2.05) is 30.3 Å². The van der Waals surface area contributed by atoms with Crippen molar-refractivity contribution in [1.82, 2.24) is 9.97 Å². The predicted molar refractivity (Wildman–Crippen MR) is 97.6 cm³/mol. The van der Waals surface area contributed by atoms with Crippen LogP contribution >= 0.6 is 0 Å². The minimum atomic E-state index is -0.0607. The average molecular weight is 330 g/mol. The monoisotopic (exact) mass is 330 g/mol. The number of pyridine rings is 2. The fourth-order valence-electron chi connectivity index (χ4n) is 3.17. The van der Waals surface area contributed by atoms with Gasteiger partial charge in [0.25, 0.3) is 0 Å². The highest BCUT2D eigenvalue weighted by molar-refractivity contribution is 5.91. The Labute approximate surface area is 142 Å². The zero-order valence-corrected chi connectivity index (χ0v) is 13.2. The van der Waals surface area contributed by atoms with Crippen LogP contribution in [0.3, 0.4) is 0 Å². The Bertz CT molecular complexity index is 1150. The van der Waals surface area contributed by atoms with E-state index in [4.69, 9.17) is 4.42 Å². The van der Waals surface area contributed by atoms with Gasteiger partial charge in [-0.25, -0.2) is 4.98 Å².